The molecule has 0 saturated heterocycles. The van der Waals surface area contributed by atoms with Crippen LogP contribution in [-0.4, -0.2) is 31.2 Å². The molecular formula is C32H42FNO4. The molecule has 2 aliphatic carbocycles. The third kappa shape index (κ3) is 5.38. The number of rotatable bonds is 14. The van der Waals surface area contributed by atoms with Gasteiger partial charge in [-0.15, -0.1) is 0 Å². The number of benzene rings is 2. The summed E-state index contributed by atoms with van der Waals surface area (Å²) in [7, 11) is 0. The lowest BCUT2D eigenvalue weighted by Gasteiger charge is -2.44. The average Bonchev–Trinajstić information content (AvgIpc) is 3.36. The van der Waals surface area contributed by atoms with E-state index in [0.717, 1.165) is 36.0 Å². The molecule has 2 atom stereocenters. The minimum absolute atomic E-state index is 0.161. The molecule has 6 heteroatoms. The number of nitrogens with one attached hydrogen (secondary N) is 1. The Morgan fingerprint density at radius 1 is 0.921 bits per heavy atom. The molecule has 1 N–H and O–H groups in total. The van der Waals surface area contributed by atoms with Crippen LogP contribution in [-0.2, 0) is 31.3 Å². The van der Waals surface area contributed by atoms with Crippen LogP contribution in [0.15, 0.2) is 42.5 Å². The Kier molecular flexibility index (Phi) is 9.24. The number of carbonyl (C=O) groups excluding carboxylic acids is 2. The van der Waals surface area contributed by atoms with E-state index in [9.17, 15) is 9.59 Å². The molecule has 1 fully saturated rings. The van der Waals surface area contributed by atoms with Crippen molar-refractivity contribution >= 4 is 11.9 Å². The van der Waals surface area contributed by atoms with Gasteiger partial charge in [0.05, 0.1) is 13.2 Å². The molecule has 2 aromatic rings. The second kappa shape index (κ2) is 12.4. The van der Waals surface area contributed by atoms with E-state index in [1.54, 1.807) is 13.8 Å². The highest BCUT2D eigenvalue weighted by Gasteiger charge is 2.57. The summed E-state index contributed by atoms with van der Waals surface area (Å²) < 4.78 is 27.5. The van der Waals surface area contributed by atoms with E-state index >= 15 is 4.39 Å². The van der Waals surface area contributed by atoms with Gasteiger partial charge in [-0.05, 0) is 62.6 Å². The second-order valence-corrected chi connectivity index (χ2v) is 10.7. The van der Waals surface area contributed by atoms with Gasteiger partial charge >= 0.3 is 11.9 Å². The molecule has 5 nitrogen and oxygen atoms in total. The number of esters is 2. The molecule has 0 aliphatic heterocycles. The molecule has 2 bridgehead atoms. The third-order valence-electron chi connectivity index (χ3n) is 8.14. The first-order valence-corrected chi connectivity index (χ1v) is 14.4. The van der Waals surface area contributed by atoms with Gasteiger partial charge in [0.25, 0.3) is 0 Å². The highest BCUT2D eigenvalue weighted by atomic mass is 19.1. The monoisotopic (exact) mass is 523 g/mol. The fraction of sp³-hybridized carbons (Fsp3) is 0.562. The van der Waals surface area contributed by atoms with Crippen molar-refractivity contribution in [3.05, 3.63) is 59.2 Å². The summed E-state index contributed by atoms with van der Waals surface area (Å²) in [5.74, 6) is -2.95. The minimum Gasteiger partial charge on any atom is -0.465 e. The van der Waals surface area contributed by atoms with E-state index in [1.165, 1.54) is 25.7 Å². The summed E-state index contributed by atoms with van der Waals surface area (Å²) in [5, 5.41) is 3.24. The molecule has 38 heavy (non-hydrogen) atoms. The Hall–Kier alpha value is -2.73. The first-order chi connectivity index (χ1) is 18.4. The summed E-state index contributed by atoms with van der Waals surface area (Å²) >= 11 is 0. The lowest BCUT2D eigenvalue weighted by Crippen LogP contribution is -2.52. The summed E-state index contributed by atoms with van der Waals surface area (Å²) in [6, 6.07) is 13.5. The maximum atomic E-state index is 17.0. The summed E-state index contributed by atoms with van der Waals surface area (Å²) in [6.07, 6.45) is 8.90. The van der Waals surface area contributed by atoms with E-state index < -0.39 is 23.1 Å². The van der Waals surface area contributed by atoms with Crippen LogP contribution in [0.2, 0.25) is 0 Å². The van der Waals surface area contributed by atoms with E-state index in [-0.39, 0.29) is 32.1 Å². The predicted octanol–water partition coefficient (Wildman–Crippen LogP) is 7.00. The van der Waals surface area contributed by atoms with Crippen LogP contribution in [0.4, 0.5) is 4.39 Å². The number of aryl methyl sites for hydroxylation is 1. The van der Waals surface area contributed by atoms with Gasteiger partial charge in [0, 0.05) is 17.2 Å². The largest absolute Gasteiger partial charge is 0.465 e. The van der Waals surface area contributed by atoms with E-state index in [0.29, 0.717) is 17.5 Å². The molecule has 0 aromatic heterocycles. The number of ether oxygens (including phenoxy) is 2. The fourth-order valence-corrected chi connectivity index (χ4v) is 6.23. The number of halogens is 1. The van der Waals surface area contributed by atoms with Crippen LogP contribution in [0.25, 0.3) is 11.1 Å². The molecule has 0 heterocycles. The Labute approximate surface area is 226 Å². The van der Waals surface area contributed by atoms with Gasteiger partial charge in [-0.3, -0.25) is 14.9 Å². The third-order valence-corrected chi connectivity index (χ3v) is 8.14. The van der Waals surface area contributed by atoms with Gasteiger partial charge in [0.1, 0.15) is 0 Å². The zero-order chi connectivity index (χ0) is 27.2. The van der Waals surface area contributed by atoms with Crippen molar-refractivity contribution < 1.29 is 23.5 Å². The van der Waals surface area contributed by atoms with E-state index in [4.69, 9.17) is 9.47 Å². The smallest absolute Gasteiger partial charge is 0.323 e. The maximum Gasteiger partial charge on any atom is 0.323 e. The number of hydrogen-bond acceptors (Lipinski definition) is 5. The Morgan fingerprint density at radius 3 is 2.24 bits per heavy atom. The van der Waals surface area contributed by atoms with Gasteiger partial charge in [-0.25, -0.2) is 4.39 Å². The number of fused-ring (bicyclic) bond motifs is 2. The van der Waals surface area contributed by atoms with Crippen LogP contribution in [0, 0.1) is 5.41 Å². The highest BCUT2D eigenvalue weighted by Crippen LogP contribution is 2.53. The number of hydrogen-bond donors (Lipinski definition) is 1. The number of alkyl halides is 1. The molecule has 4 rings (SSSR count). The van der Waals surface area contributed by atoms with Crippen LogP contribution in [0.1, 0.15) is 95.2 Å². The summed E-state index contributed by atoms with van der Waals surface area (Å²) in [4.78, 5) is 25.8. The molecule has 2 aliphatic rings. The molecule has 0 amide bonds. The highest BCUT2D eigenvalue weighted by molar-refractivity contribution is 6.00. The zero-order valence-corrected chi connectivity index (χ0v) is 23.1. The van der Waals surface area contributed by atoms with Crippen molar-refractivity contribution in [1.82, 2.24) is 5.32 Å². The summed E-state index contributed by atoms with van der Waals surface area (Å²) in [5.41, 5.74) is 2.99. The molecule has 2 aromatic carbocycles. The summed E-state index contributed by atoms with van der Waals surface area (Å²) in [6.45, 7) is 6.01. The lowest BCUT2D eigenvalue weighted by molar-refractivity contribution is -0.171. The topological polar surface area (TPSA) is 64.6 Å². The molecule has 0 radical (unpaired) electrons. The molecule has 1 saturated carbocycles. The van der Waals surface area contributed by atoms with Crippen LogP contribution in [0.3, 0.4) is 0 Å². The van der Waals surface area contributed by atoms with Crippen LogP contribution < -0.4 is 5.32 Å². The minimum atomic E-state index is -1.80. The quantitative estimate of drug-likeness (QED) is 0.125. The molecule has 2 unspecified atom stereocenters. The molecule has 0 spiro atoms. The van der Waals surface area contributed by atoms with E-state index in [2.05, 4.69) is 12.2 Å². The molecule has 206 valence electrons. The maximum absolute atomic E-state index is 17.0. The van der Waals surface area contributed by atoms with Gasteiger partial charge in [0.15, 0.2) is 5.41 Å². The van der Waals surface area contributed by atoms with Gasteiger partial charge in [0.2, 0.25) is 5.79 Å². The number of unbranched alkanes of at least 4 members (excludes halogenated alkanes) is 5. The van der Waals surface area contributed by atoms with Crippen LogP contribution >= 0.6 is 0 Å². The second-order valence-electron chi connectivity index (χ2n) is 10.7. The van der Waals surface area contributed by atoms with Crippen molar-refractivity contribution in [2.75, 3.05) is 13.2 Å². The average molecular weight is 524 g/mol. The first-order valence-electron chi connectivity index (χ1n) is 14.4. The van der Waals surface area contributed by atoms with Crippen LogP contribution in [0.5, 0.6) is 0 Å². The van der Waals surface area contributed by atoms with E-state index in [1.807, 2.05) is 42.5 Å². The SMILES string of the molecule is CCCCCCCCc1c2ccc(-c3ccccc3)c1C2(F)NC1CCC(C(=O)OCC)(C(=O)OCC)C1. The lowest BCUT2D eigenvalue weighted by atomic mass is 9.71. The van der Waals surface area contributed by atoms with Crippen molar-refractivity contribution in [3.8, 4) is 11.1 Å². The van der Waals surface area contributed by atoms with Gasteiger partial charge < -0.3 is 9.47 Å². The Balaban J connectivity index is 1.56. The Morgan fingerprint density at radius 2 is 1.58 bits per heavy atom. The van der Waals surface area contributed by atoms with Crippen molar-refractivity contribution in [2.24, 2.45) is 5.41 Å². The normalized spacial score (nSPS) is 21.1. The van der Waals surface area contributed by atoms with Crippen molar-refractivity contribution in [1.29, 1.82) is 0 Å². The molecular weight excluding hydrogens is 481 g/mol. The van der Waals surface area contributed by atoms with Crippen molar-refractivity contribution in [3.63, 3.8) is 0 Å². The first kappa shape index (κ1) is 28.3. The predicted molar refractivity (Wildman–Crippen MR) is 147 cm³/mol. The standard InChI is InChI=1S/C32H42FNO4/c1-4-7-8-9-10-14-17-26-27-19-18-25(23-15-12-11-13-16-23)28(26)32(27,33)34-24-20-21-31(22-24,29(35)37-5-2)30(36)38-6-3/h11-13,15-16,18-19,24,34H,4-10,14,17,20-22H2,1-3H3. The van der Waals surface area contributed by atoms with Gasteiger partial charge in [-0.2, -0.15) is 0 Å². The fourth-order valence-electron chi connectivity index (χ4n) is 6.23. The Bertz CT molecular complexity index is 1100. The van der Waals surface area contributed by atoms with Gasteiger partial charge in [-0.1, -0.05) is 81.5 Å². The zero-order valence-electron chi connectivity index (χ0n) is 23.1. The number of carbonyl (C=O) groups is 2. The van der Waals surface area contributed by atoms with Crippen molar-refractivity contribution in [2.45, 2.75) is 96.8 Å².